The van der Waals surface area contributed by atoms with Gasteiger partial charge in [-0.05, 0) is 56.7 Å². The summed E-state index contributed by atoms with van der Waals surface area (Å²) in [6.07, 6.45) is 7.07. The number of rotatable bonds is 7. The van der Waals surface area contributed by atoms with E-state index in [1.54, 1.807) is 4.68 Å². The SMILES string of the molecule is CC(C)n1nc(-c2ccc(C#N)cc2)c(C2CC2)c1C(=O)CCc1cnn(C)c1. The fraction of sp³-hybridized carbons (Fsp3) is 0.391. The Balaban J connectivity index is 1.72. The molecule has 1 aliphatic carbocycles. The molecule has 0 atom stereocenters. The monoisotopic (exact) mass is 387 g/mol. The lowest BCUT2D eigenvalue weighted by Crippen LogP contribution is -2.14. The molecule has 1 aliphatic rings. The highest BCUT2D eigenvalue weighted by Gasteiger charge is 2.35. The smallest absolute Gasteiger partial charge is 0.181 e. The normalized spacial score (nSPS) is 13.6. The molecule has 0 spiro atoms. The van der Waals surface area contributed by atoms with Crippen LogP contribution >= 0.6 is 0 Å². The molecule has 2 heterocycles. The number of hydrogen-bond donors (Lipinski definition) is 0. The molecule has 148 valence electrons. The summed E-state index contributed by atoms with van der Waals surface area (Å²) in [7, 11) is 1.88. The molecule has 0 saturated heterocycles. The zero-order valence-corrected chi connectivity index (χ0v) is 17.1. The molecule has 3 aromatic rings. The van der Waals surface area contributed by atoms with E-state index in [0.29, 0.717) is 24.3 Å². The van der Waals surface area contributed by atoms with Gasteiger partial charge in [0.05, 0.1) is 23.5 Å². The maximum atomic E-state index is 13.3. The minimum absolute atomic E-state index is 0.0944. The molecule has 1 aromatic carbocycles. The zero-order valence-electron chi connectivity index (χ0n) is 17.1. The van der Waals surface area contributed by atoms with Crippen molar-refractivity contribution in [2.75, 3.05) is 0 Å². The third-order valence-corrected chi connectivity index (χ3v) is 5.37. The second-order valence-corrected chi connectivity index (χ2v) is 8.06. The van der Waals surface area contributed by atoms with Gasteiger partial charge >= 0.3 is 0 Å². The van der Waals surface area contributed by atoms with Crippen molar-refractivity contribution in [2.24, 2.45) is 7.05 Å². The first-order valence-corrected chi connectivity index (χ1v) is 10.1. The van der Waals surface area contributed by atoms with Crippen LogP contribution in [0.3, 0.4) is 0 Å². The number of aryl methyl sites for hydroxylation is 2. The Morgan fingerprint density at radius 1 is 1.28 bits per heavy atom. The Labute approximate surface area is 170 Å². The fourth-order valence-electron chi connectivity index (χ4n) is 3.75. The predicted molar refractivity (Wildman–Crippen MR) is 111 cm³/mol. The highest BCUT2D eigenvalue weighted by Crippen LogP contribution is 2.46. The molecule has 0 bridgehead atoms. The maximum absolute atomic E-state index is 13.3. The van der Waals surface area contributed by atoms with Crippen molar-refractivity contribution in [3.05, 3.63) is 59.0 Å². The van der Waals surface area contributed by atoms with Gasteiger partial charge in [0.25, 0.3) is 0 Å². The van der Waals surface area contributed by atoms with Gasteiger partial charge in [-0.3, -0.25) is 14.2 Å². The maximum Gasteiger partial charge on any atom is 0.181 e. The molecule has 0 unspecified atom stereocenters. The molecule has 29 heavy (non-hydrogen) atoms. The molecular weight excluding hydrogens is 362 g/mol. The largest absolute Gasteiger partial charge is 0.292 e. The summed E-state index contributed by atoms with van der Waals surface area (Å²) in [5.74, 6) is 0.530. The van der Waals surface area contributed by atoms with Crippen LogP contribution in [-0.4, -0.2) is 25.3 Å². The van der Waals surface area contributed by atoms with Crippen LogP contribution in [0.25, 0.3) is 11.3 Å². The van der Waals surface area contributed by atoms with Crippen molar-refractivity contribution >= 4 is 5.78 Å². The number of carbonyl (C=O) groups is 1. The van der Waals surface area contributed by atoms with Crippen LogP contribution in [0.15, 0.2) is 36.7 Å². The van der Waals surface area contributed by atoms with Crippen LogP contribution < -0.4 is 0 Å². The Kier molecular flexibility index (Phi) is 5.06. The minimum Gasteiger partial charge on any atom is -0.292 e. The van der Waals surface area contributed by atoms with Crippen LogP contribution in [0.2, 0.25) is 0 Å². The summed E-state index contributed by atoms with van der Waals surface area (Å²) in [6, 6.07) is 9.73. The fourth-order valence-corrected chi connectivity index (χ4v) is 3.75. The van der Waals surface area contributed by atoms with Crippen molar-refractivity contribution in [2.45, 2.75) is 51.5 Å². The molecule has 0 N–H and O–H groups in total. The summed E-state index contributed by atoms with van der Waals surface area (Å²) in [5.41, 5.74) is 5.38. The van der Waals surface area contributed by atoms with Gasteiger partial charge in [0, 0.05) is 36.8 Å². The van der Waals surface area contributed by atoms with Crippen molar-refractivity contribution in [1.29, 1.82) is 5.26 Å². The van der Waals surface area contributed by atoms with Crippen LogP contribution in [-0.2, 0) is 13.5 Å². The van der Waals surface area contributed by atoms with Gasteiger partial charge < -0.3 is 0 Å². The van der Waals surface area contributed by atoms with Gasteiger partial charge in [-0.1, -0.05) is 12.1 Å². The van der Waals surface area contributed by atoms with E-state index >= 15 is 0 Å². The van der Waals surface area contributed by atoms with E-state index in [4.69, 9.17) is 10.4 Å². The summed E-state index contributed by atoms with van der Waals surface area (Å²) in [4.78, 5) is 13.3. The Hall–Kier alpha value is -3.20. The first kappa shape index (κ1) is 19.1. The number of nitrogens with zero attached hydrogens (tertiary/aromatic N) is 5. The summed E-state index contributed by atoms with van der Waals surface area (Å²) < 4.78 is 3.66. The summed E-state index contributed by atoms with van der Waals surface area (Å²) in [5, 5.41) is 18.1. The first-order valence-electron chi connectivity index (χ1n) is 10.1. The number of carbonyl (C=O) groups excluding carboxylic acids is 1. The molecule has 4 rings (SSSR count). The third kappa shape index (κ3) is 3.86. The predicted octanol–water partition coefficient (Wildman–Crippen LogP) is 4.43. The van der Waals surface area contributed by atoms with Gasteiger partial charge in [-0.2, -0.15) is 15.5 Å². The third-order valence-electron chi connectivity index (χ3n) is 5.37. The second kappa shape index (κ2) is 7.67. The lowest BCUT2D eigenvalue weighted by atomic mass is 9.97. The standard InChI is InChI=1S/C23H25N5O/c1-15(2)28-23(20(29)11-6-17-13-25-27(3)14-17)21(18-9-10-18)22(26-28)19-7-4-16(12-24)5-8-19/h4-5,7-8,13-15,18H,6,9-11H2,1-3H3. The topological polar surface area (TPSA) is 76.5 Å². The number of Topliss-reactive ketones (excluding diaryl/α,β-unsaturated/α-hetero) is 1. The molecular formula is C23H25N5O. The van der Waals surface area contributed by atoms with E-state index < -0.39 is 0 Å². The van der Waals surface area contributed by atoms with Gasteiger partial charge in [0.2, 0.25) is 0 Å². The van der Waals surface area contributed by atoms with Crippen LogP contribution in [0.1, 0.15) is 72.2 Å². The first-order chi connectivity index (χ1) is 14.0. The Morgan fingerprint density at radius 3 is 2.55 bits per heavy atom. The van der Waals surface area contributed by atoms with Crippen LogP contribution in [0.5, 0.6) is 0 Å². The van der Waals surface area contributed by atoms with Crippen molar-refractivity contribution in [3.8, 4) is 17.3 Å². The highest BCUT2D eigenvalue weighted by atomic mass is 16.1. The van der Waals surface area contributed by atoms with Crippen molar-refractivity contribution < 1.29 is 4.79 Å². The quantitative estimate of drug-likeness (QED) is 0.562. The Morgan fingerprint density at radius 2 is 2.00 bits per heavy atom. The van der Waals surface area contributed by atoms with E-state index in [-0.39, 0.29) is 11.8 Å². The number of ketones is 1. The van der Waals surface area contributed by atoms with E-state index in [1.165, 1.54) is 0 Å². The van der Waals surface area contributed by atoms with Gasteiger partial charge in [0.15, 0.2) is 5.78 Å². The van der Waals surface area contributed by atoms with Gasteiger partial charge in [0.1, 0.15) is 5.69 Å². The minimum atomic E-state index is 0.0944. The van der Waals surface area contributed by atoms with Crippen LogP contribution in [0, 0.1) is 11.3 Å². The molecule has 2 aromatic heterocycles. The van der Waals surface area contributed by atoms with Gasteiger partial charge in [-0.25, -0.2) is 0 Å². The van der Waals surface area contributed by atoms with Crippen LogP contribution in [0.4, 0.5) is 0 Å². The summed E-state index contributed by atoms with van der Waals surface area (Å²) >= 11 is 0. The molecule has 6 nitrogen and oxygen atoms in total. The van der Waals surface area contributed by atoms with Crippen molar-refractivity contribution in [1.82, 2.24) is 19.6 Å². The number of nitriles is 1. The lowest BCUT2D eigenvalue weighted by Gasteiger charge is -2.11. The number of aromatic nitrogens is 4. The molecule has 1 saturated carbocycles. The average Bonchev–Trinajstić information content (AvgIpc) is 3.34. The second-order valence-electron chi connectivity index (χ2n) is 8.06. The van der Waals surface area contributed by atoms with Crippen molar-refractivity contribution in [3.63, 3.8) is 0 Å². The number of benzene rings is 1. The lowest BCUT2D eigenvalue weighted by molar-refractivity contribution is 0.0969. The molecule has 0 aliphatic heterocycles. The van der Waals surface area contributed by atoms with Gasteiger partial charge in [-0.15, -0.1) is 0 Å². The van der Waals surface area contributed by atoms with E-state index in [2.05, 4.69) is 25.0 Å². The van der Waals surface area contributed by atoms with E-state index in [1.807, 2.05) is 48.4 Å². The summed E-state index contributed by atoms with van der Waals surface area (Å²) in [6.45, 7) is 4.12. The zero-order chi connectivity index (χ0) is 20.5. The van der Waals surface area contributed by atoms with E-state index in [9.17, 15) is 4.79 Å². The number of hydrogen-bond acceptors (Lipinski definition) is 4. The Bertz CT molecular complexity index is 1080. The molecule has 1 fully saturated rings. The highest BCUT2D eigenvalue weighted by molar-refractivity contribution is 5.98. The molecule has 6 heteroatoms. The average molecular weight is 387 g/mol. The van der Waals surface area contributed by atoms with E-state index in [0.717, 1.165) is 40.9 Å². The molecule has 0 amide bonds. The molecule has 0 radical (unpaired) electrons.